The van der Waals surface area contributed by atoms with Crippen molar-refractivity contribution in [3.05, 3.63) is 41.7 Å². The molecule has 0 saturated carbocycles. The largest absolute Gasteiger partial charge is 0.486 e. The number of benzene rings is 1. The first-order chi connectivity index (χ1) is 8.81. The Balaban J connectivity index is 1.85. The second kappa shape index (κ2) is 5.08. The summed E-state index contributed by atoms with van der Waals surface area (Å²) in [5, 5.41) is 0.498. The first kappa shape index (κ1) is 11.7. The summed E-state index contributed by atoms with van der Waals surface area (Å²) in [4.78, 5) is 6.09. The third-order valence-electron chi connectivity index (χ3n) is 2.45. The SMILES string of the molecule is Clc1cc(Sc2ccc3c(c2)OCCO3)ccn1. The highest BCUT2D eigenvalue weighted by molar-refractivity contribution is 7.99. The van der Waals surface area contributed by atoms with Gasteiger partial charge in [0, 0.05) is 16.0 Å². The Kier molecular flexibility index (Phi) is 3.30. The zero-order valence-corrected chi connectivity index (χ0v) is 11.0. The minimum absolute atomic E-state index is 0.498. The Hall–Kier alpha value is -1.39. The molecule has 1 aliphatic rings. The second-order valence-corrected chi connectivity index (χ2v) is 5.26. The van der Waals surface area contributed by atoms with Crippen LogP contribution < -0.4 is 9.47 Å². The predicted molar refractivity (Wildman–Crippen MR) is 70.8 cm³/mol. The quantitative estimate of drug-likeness (QED) is 0.785. The lowest BCUT2D eigenvalue weighted by molar-refractivity contribution is 0.171. The molecule has 0 bridgehead atoms. The van der Waals surface area contributed by atoms with Crippen molar-refractivity contribution in [3.8, 4) is 11.5 Å². The predicted octanol–water partition coefficient (Wildman–Crippen LogP) is 3.66. The number of pyridine rings is 1. The van der Waals surface area contributed by atoms with Crippen molar-refractivity contribution in [2.45, 2.75) is 9.79 Å². The van der Waals surface area contributed by atoms with E-state index in [1.54, 1.807) is 18.0 Å². The number of aromatic nitrogens is 1. The number of nitrogens with zero attached hydrogens (tertiary/aromatic N) is 1. The van der Waals surface area contributed by atoms with E-state index in [0.29, 0.717) is 18.4 Å². The minimum Gasteiger partial charge on any atom is -0.486 e. The van der Waals surface area contributed by atoms with E-state index < -0.39 is 0 Å². The smallest absolute Gasteiger partial charge is 0.162 e. The average molecular weight is 280 g/mol. The zero-order valence-electron chi connectivity index (χ0n) is 9.43. The fraction of sp³-hybridized carbons (Fsp3) is 0.154. The van der Waals surface area contributed by atoms with E-state index in [2.05, 4.69) is 4.98 Å². The molecular formula is C13H10ClNO2S. The summed E-state index contributed by atoms with van der Waals surface area (Å²) in [5.74, 6) is 1.60. The van der Waals surface area contributed by atoms with Crippen molar-refractivity contribution in [3.63, 3.8) is 0 Å². The van der Waals surface area contributed by atoms with E-state index in [9.17, 15) is 0 Å². The van der Waals surface area contributed by atoms with Gasteiger partial charge in [-0.15, -0.1) is 0 Å². The van der Waals surface area contributed by atoms with Crippen molar-refractivity contribution in [2.75, 3.05) is 13.2 Å². The molecule has 5 heteroatoms. The van der Waals surface area contributed by atoms with Gasteiger partial charge >= 0.3 is 0 Å². The molecule has 0 atom stereocenters. The van der Waals surface area contributed by atoms with Crippen LogP contribution in [0.25, 0.3) is 0 Å². The van der Waals surface area contributed by atoms with E-state index in [1.165, 1.54) is 0 Å². The Morgan fingerprint density at radius 3 is 2.61 bits per heavy atom. The Labute approximate surface area is 114 Å². The summed E-state index contributed by atoms with van der Waals surface area (Å²) >= 11 is 7.47. The summed E-state index contributed by atoms with van der Waals surface area (Å²) in [6.07, 6.45) is 1.70. The van der Waals surface area contributed by atoms with Crippen LogP contribution in [0.3, 0.4) is 0 Å². The molecule has 0 fully saturated rings. The Morgan fingerprint density at radius 2 is 1.78 bits per heavy atom. The van der Waals surface area contributed by atoms with Crippen LogP contribution in [0.1, 0.15) is 0 Å². The van der Waals surface area contributed by atoms with Crippen LogP contribution in [0.15, 0.2) is 46.3 Å². The van der Waals surface area contributed by atoms with Gasteiger partial charge in [0.15, 0.2) is 11.5 Å². The maximum absolute atomic E-state index is 5.86. The van der Waals surface area contributed by atoms with E-state index in [0.717, 1.165) is 21.3 Å². The monoisotopic (exact) mass is 279 g/mol. The maximum atomic E-state index is 5.86. The fourth-order valence-corrected chi connectivity index (χ4v) is 2.78. The van der Waals surface area contributed by atoms with Crippen LogP contribution in [0.5, 0.6) is 11.5 Å². The molecule has 0 spiro atoms. The molecule has 1 aromatic carbocycles. The molecule has 0 radical (unpaired) electrons. The molecule has 0 saturated heterocycles. The maximum Gasteiger partial charge on any atom is 0.162 e. The molecule has 3 rings (SSSR count). The molecule has 0 N–H and O–H groups in total. The van der Waals surface area contributed by atoms with Crippen molar-refractivity contribution >= 4 is 23.4 Å². The minimum atomic E-state index is 0.498. The average Bonchev–Trinajstić information content (AvgIpc) is 2.39. The zero-order chi connectivity index (χ0) is 12.4. The Bertz CT molecular complexity index is 577. The highest BCUT2D eigenvalue weighted by Crippen LogP contribution is 2.36. The van der Waals surface area contributed by atoms with E-state index >= 15 is 0 Å². The van der Waals surface area contributed by atoms with E-state index in [4.69, 9.17) is 21.1 Å². The van der Waals surface area contributed by atoms with Gasteiger partial charge in [-0.1, -0.05) is 23.4 Å². The van der Waals surface area contributed by atoms with Crippen LogP contribution in [0, 0.1) is 0 Å². The topological polar surface area (TPSA) is 31.4 Å². The van der Waals surface area contributed by atoms with Gasteiger partial charge < -0.3 is 9.47 Å². The van der Waals surface area contributed by atoms with Crippen LogP contribution in [-0.4, -0.2) is 18.2 Å². The number of hydrogen-bond acceptors (Lipinski definition) is 4. The van der Waals surface area contributed by atoms with Gasteiger partial charge in [0.05, 0.1) is 0 Å². The third-order valence-corrected chi connectivity index (χ3v) is 3.63. The lowest BCUT2D eigenvalue weighted by Crippen LogP contribution is -2.15. The molecule has 0 aliphatic carbocycles. The fourth-order valence-electron chi connectivity index (χ4n) is 1.67. The number of fused-ring (bicyclic) bond motifs is 1. The highest BCUT2D eigenvalue weighted by Gasteiger charge is 2.12. The first-order valence-corrected chi connectivity index (χ1v) is 6.70. The number of hydrogen-bond donors (Lipinski definition) is 0. The molecule has 2 aromatic rings. The van der Waals surface area contributed by atoms with E-state index in [1.807, 2.05) is 30.3 Å². The summed E-state index contributed by atoms with van der Waals surface area (Å²) in [7, 11) is 0. The molecule has 0 amide bonds. The standard InChI is InChI=1S/C13H10ClNO2S/c14-13-8-10(3-4-15-13)18-9-1-2-11-12(7-9)17-6-5-16-11/h1-4,7-8H,5-6H2. The van der Waals surface area contributed by atoms with Crippen LogP contribution in [-0.2, 0) is 0 Å². The molecule has 3 nitrogen and oxygen atoms in total. The van der Waals surface area contributed by atoms with Crippen molar-refractivity contribution in [1.82, 2.24) is 4.98 Å². The molecule has 0 unspecified atom stereocenters. The van der Waals surface area contributed by atoms with Gasteiger partial charge in [-0.3, -0.25) is 0 Å². The van der Waals surface area contributed by atoms with E-state index in [-0.39, 0.29) is 0 Å². The molecule has 1 aromatic heterocycles. The van der Waals surface area contributed by atoms with Crippen LogP contribution >= 0.6 is 23.4 Å². The summed E-state index contributed by atoms with van der Waals surface area (Å²) in [6, 6.07) is 9.68. The first-order valence-electron chi connectivity index (χ1n) is 5.50. The number of rotatable bonds is 2. The summed E-state index contributed by atoms with van der Waals surface area (Å²) < 4.78 is 11.0. The van der Waals surface area contributed by atoms with Gasteiger partial charge in [0.25, 0.3) is 0 Å². The van der Waals surface area contributed by atoms with Crippen LogP contribution in [0.4, 0.5) is 0 Å². The summed E-state index contributed by atoms with van der Waals surface area (Å²) in [5.41, 5.74) is 0. The normalized spacial score (nSPS) is 13.4. The van der Waals surface area contributed by atoms with Crippen molar-refractivity contribution in [2.24, 2.45) is 0 Å². The number of ether oxygens (including phenoxy) is 2. The molecule has 1 aliphatic heterocycles. The van der Waals surface area contributed by atoms with Crippen LogP contribution in [0.2, 0.25) is 5.15 Å². The molecular weight excluding hydrogens is 270 g/mol. The third kappa shape index (κ3) is 2.54. The molecule has 18 heavy (non-hydrogen) atoms. The molecule has 92 valence electrons. The number of halogens is 1. The van der Waals surface area contributed by atoms with Gasteiger partial charge in [0.1, 0.15) is 18.4 Å². The van der Waals surface area contributed by atoms with Crippen molar-refractivity contribution in [1.29, 1.82) is 0 Å². The van der Waals surface area contributed by atoms with Gasteiger partial charge in [-0.05, 0) is 30.3 Å². The second-order valence-electron chi connectivity index (χ2n) is 3.72. The summed E-state index contributed by atoms with van der Waals surface area (Å²) in [6.45, 7) is 1.21. The van der Waals surface area contributed by atoms with Gasteiger partial charge in [-0.2, -0.15) is 0 Å². The molecule has 2 heterocycles. The lowest BCUT2D eigenvalue weighted by atomic mass is 10.3. The van der Waals surface area contributed by atoms with Gasteiger partial charge in [-0.25, -0.2) is 4.98 Å². The highest BCUT2D eigenvalue weighted by atomic mass is 35.5. The van der Waals surface area contributed by atoms with Gasteiger partial charge in [0.2, 0.25) is 0 Å². The van der Waals surface area contributed by atoms with Crippen molar-refractivity contribution < 1.29 is 9.47 Å². The Morgan fingerprint density at radius 1 is 1.00 bits per heavy atom. The lowest BCUT2D eigenvalue weighted by Gasteiger charge is -2.18.